The highest BCUT2D eigenvalue weighted by Crippen LogP contribution is 2.42. The monoisotopic (exact) mass is 246 g/mol. The molecule has 1 saturated carbocycles. The van der Waals surface area contributed by atoms with E-state index in [4.69, 9.17) is 0 Å². The van der Waals surface area contributed by atoms with Crippen LogP contribution >= 0.6 is 0 Å². The summed E-state index contributed by atoms with van der Waals surface area (Å²) in [5.41, 5.74) is 1.66. The maximum Gasteiger partial charge on any atom is 0.0899 e. The van der Waals surface area contributed by atoms with Gasteiger partial charge in [0.15, 0.2) is 0 Å². The van der Waals surface area contributed by atoms with E-state index in [1.54, 1.807) is 0 Å². The van der Waals surface area contributed by atoms with E-state index in [1.807, 2.05) is 19.1 Å². The van der Waals surface area contributed by atoms with Crippen molar-refractivity contribution >= 4 is 0 Å². The van der Waals surface area contributed by atoms with E-state index in [0.717, 1.165) is 17.9 Å². The Morgan fingerprint density at radius 2 is 2.00 bits per heavy atom. The first-order valence-electron chi connectivity index (χ1n) is 7.34. The molecule has 1 aliphatic carbocycles. The Morgan fingerprint density at radius 1 is 1.28 bits per heavy atom. The maximum atomic E-state index is 11.0. The number of aryl methyl sites for hydroxylation is 1. The third-order valence-electron chi connectivity index (χ3n) is 4.85. The zero-order valence-electron chi connectivity index (χ0n) is 11.9. The van der Waals surface area contributed by atoms with Crippen molar-refractivity contribution in [2.75, 3.05) is 0 Å². The van der Waals surface area contributed by atoms with Crippen LogP contribution in [0.4, 0.5) is 0 Å². The number of aliphatic hydroxyl groups is 1. The largest absolute Gasteiger partial charge is 0.385 e. The Kier molecular flexibility index (Phi) is 4.11. The first-order valence-corrected chi connectivity index (χ1v) is 7.34. The zero-order chi connectivity index (χ0) is 13.2. The molecule has 18 heavy (non-hydrogen) atoms. The molecule has 0 aromatic heterocycles. The Balaban J connectivity index is 2.22. The first kappa shape index (κ1) is 13.6. The molecule has 1 aromatic rings. The lowest BCUT2D eigenvalue weighted by Crippen LogP contribution is -2.36. The van der Waals surface area contributed by atoms with Gasteiger partial charge >= 0.3 is 0 Å². The van der Waals surface area contributed by atoms with Gasteiger partial charge in [-0.2, -0.15) is 0 Å². The highest BCUT2D eigenvalue weighted by atomic mass is 16.3. The van der Waals surface area contributed by atoms with Crippen molar-refractivity contribution in [3.05, 3.63) is 35.4 Å². The predicted molar refractivity (Wildman–Crippen MR) is 76.5 cm³/mol. The molecule has 0 amide bonds. The lowest BCUT2D eigenvalue weighted by atomic mass is 9.70. The van der Waals surface area contributed by atoms with Crippen molar-refractivity contribution in [2.24, 2.45) is 11.8 Å². The quantitative estimate of drug-likeness (QED) is 0.837. The molecule has 1 N–H and O–H groups in total. The van der Waals surface area contributed by atoms with Crippen molar-refractivity contribution in [1.82, 2.24) is 0 Å². The van der Waals surface area contributed by atoms with Gasteiger partial charge in [-0.1, -0.05) is 50.5 Å². The Hall–Kier alpha value is -0.820. The second-order valence-corrected chi connectivity index (χ2v) is 6.10. The smallest absolute Gasteiger partial charge is 0.0899 e. The molecular formula is C17H26O. The van der Waals surface area contributed by atoms with Crippen LogP contribution in [0.5, 0.6) is 0 Å². The number of rotatable bonds is 3. The van der Waals surface area contributed by atoms with Crippen LogP contribution in [-0.4, -0.2) is 5.11 Å². The Bertz CT molecular complexity index is 394. The fourth-order valence-corrected chi connectivity index (χ4v) is 3.53. The fourth-order valence-electron chi connectivity index (χ4n) is 3.53. The molecule has 0 saturated heterocycles. The standard InChI is InChI=1S/C17H26O/c1-4-14-9-7-10-15(12-14)17(3,18)16-11-6-5-8-13(16)2/h5-6,8,11,14-15,18H,4,7,9-10,12H2,1-3H3. The van der Waals surface area contributed by atoms with Crippen LogP contribution in [0.3, 0.4) is 0 Å². The molecule has 3 atom stereocenters. The van der Waals surface area contributed by atoms with Gasteiger partial charge in [0.25, 0.3) is 0 Å². The second-order valence-electron chi connectivity index (χ2n) is 6.10. The molecule has 1 nitrogen and oxygen atoms in total. The van der Waals surface area contributed by atoms with Gasteiger partial charge in [-0.15, -0.1) is 0 Å². The molecule has 1 fully saturated rings. The van der Waals surface area contributed by atoms with Gasteiger partial charge < -0.3 is 5.11 Å². The summed E-state index contributed by atoms with van der Waals surface area (Å²) < 4.78 is 0. The molecule has 1 aliphatic rings. The summed E-state index contributed by atoms with van der Waals surface area (Å²) in [5, 5.41) is 11.0. The predicted octanol–water partition coefficient (Wildman–Crippen LogP) is 4.42. The van der Waals surface area contributed by atoms with Gasteiger partial charge in [-0.25, -0.2) is 0 Å². The van der Waals surface area contributed by atoms with Crippen molar-refractivity contribution < 1.29 is 5.11 Å². The van der Waals surface area contributed by atoms with E-state index in [0.29, 0.717) is 5.92 Å². The van der Waals surface area contributed by atoms with Crippen LogP contribution in [-0.2, 0) is 5.60 Å². The van der Waals surface area contributed by atoms with Gasteiger partial charge in [-0.3, -0.25) is 0 Å². The van der Waals surface area contributed by atoms with Crippen molar-refractivity contribution in [3.63, 3.8) is 0 Å². The third kappa shape index (κ3) is 2.61. The average molecular weight is 246 g/mol. The molecule has 1 heteroatoms. The molecule has 3 unspecified atom stereocenters. The molecule has 0 spiro atoms. The Morgan fingerprint density at radius 3 is 2.67 bits per heavy atom. The topological polar surface area (TPSA) is 20.2 Å². The van der Waals surface area contributed by atoms with Crippen LogP contribution in [0.1, 0.15) is 57.1 Å². The van der Waals surface area contributed by atoms with E-state index in [2.05, 4.69) is 26.0 Å². The SMILES string of the molecule is CCC1CCCC(C(C)(O)c2ccccc2C)C1. The number of hydrogen-bond acceptors (Lipinski definition) is 1. The lowest BCUT2D eigenvalue weighted by molar-refractivity contribution is -0.0316. The molecule has 1 aromatic carbocycles. The van der Waals surface area contributed by atoms with Gasteiger partial charge in [0.1, 0.15) is 0 Å². The molecule has 100 valence electrons. The minimum absolute atomic E-state index is 0.414. The van der Waals surface area contributed by atoms with Gasteiger partial charge in [0.2, 0.25) is 0 Å². The van der Waals surface area contributed by atoms with E-state index < -0.39 is 5.60 Å². The summed E-state index contributed by atoms with van der Waals surface area (Å²) in [4.78, 5) is 0. The van der Waals surface area contributed by atoms with E-state index in [1.165, 1.54) is 31.2 Å². The minimum Gasteiger partial charge on any atom is -0.385 e. The molecule has 2 rings (SSSR count). The molecular weight excluding hydrogens is 220 g/mol. The van der Waals surface area contributed by atoms with Crippen LogP contribution in [0.2, 0.25) is 0 Å². The second kappa shape index (κ2) is 5.44. The highest BCUT2D eigenvalue weighted by Gasteiger charge is 2.37. The van der Waals surface area contributed by atoms with E-state index in [-0.39, 0.29) is 0 Å². The highest BCUT2D eigenvalue weighted by molar-refractivity contribution is 5.31. The summed E-state index contributed by atoms with van der Waals surface area (Å²) in [6.07, 6.45) is 6.21. The first-order chi connectivity index (χ1) is 8.55. The van der Waals surface area contributed by atoms with Gasteiger partial charge in [0.05, 0.1) is 5.60 Å². The van der Waals surface area contributed by atoms with Crippen molar-refractivity contribution in [1.29, 1.82) is 0 Å². The van der Waals surface area contributed by atoms with Crippen LogP contribution < -0.4 is 0 Å². The number of benzene rings is 1. The molecule has 0 aliphatic heterocycles. The van der Waals surface area contributed by atoms with Crippen LogP contribution in [0, 0.1) is 18.8 Å². The average Bonchev–Trinajstić information content (AvgIpc) is 2.39. The summed E-state index contributed by atoms with van der Waals surface area (Å²) >= 11 is 0. The number of hydrogen-bond donors (Lipinski definition) is 1. The summed E-state index contributed by atoms with van der Waals surface area (Å²) in [5.74, 6) is 1.22. The molecule has 0 bridgehead atoms. The maximum absolute atomic E-state index is 11.0. The third-order valence-corrected chi connectivity index (χ3v) is 4.85. The Labute approximate surface area is 111 Å². The summed E-state index contributed by atoms with van der Waals surface area (Å²) in [7, 11) is 0. The lowest BCUT2D eigenvalue weighted by Gasteiger charge is -2.39. The van der Waals surface area contributed by atoms with Gasteiger partial charge in [-0.05, 0) is 49.7 Å². The van der Waals surface area contributed by atoms with E-state index in [9.17, 15) is 5.11 Å². The van der Waals surface area contributed by atoms with Crippen molar-refractivity contribution in [3.8, 4) is 0 Å². The van der Waals surface area contributed by atoms with Crippen LogP contribution in [0.25, 0.3) is 0 Å². The molecule has 0 heterocycles. The normalized spacial score (nSPS) is 27.8. The van der Waals surface area contributed by atoms with Crippen molar-refractivity contribution in [2.45, 2.75) is 58.5 Å². The fraction of sp³-hybridized carbons (Fsp3) is 0.647. The minimum atomic E-state index is -0.667. The summed E-state index contributed by atoms with van der Waals surface area (Å²) in [6, 6.07) is 8.27. The molecule has 0 radical (unpaired) electrons. The van der Waals surface area contributed by atoms with Crippen LogP contribution in [0.15, 0.2) is 24.3 Å². The van der Waals surface area contributed by atoms with E-state index >= 15 is 0 Å². The van der Waals surface area contributed by atoms with Gasteiger partial charge in [0, 0.05) is 0 Å². The zero-order valence-corrected chi connectivity index (χ0v) is 11.9. The summed E-state index contributed by atoms with van der Waals surface area (Å²) in [6.45, 7) is 6.39.